The molecule has 6 heteroatoms. The van der Waals surface area contributed by atoms with Crippen molar-refractivity contribution in [3.63, 3.8) is 0 Å². The predicted molar refractivity (Wildman–Crippen MR) is 180 cm³/mol. The first-order valence-electron chi connectivity index (χ1n) is 15.0. The fraction of sp³-hybridized carbons (Fsp3) is 0.0769. The van der Waals surface area contributed by atoms with E-state index in [9.17, 15) is 0 Å². The van der Waals surface area contributed by atoms with Crippen LogP contribution in [-0.2, 0) is 19.3 Å². The molecule has 6 aromatic rings. The molecule has 0 aromatic heterocycles. The lowest BCUT2D eigenvalue weighted by Crippen LogP contribution is -1.87. The average molecular weight is 583 g/mol. The van der Waals surface area contributed by atoms with E-state index in [-0.39, 0.29) is 0 Å². The Labute approximate surface area is 262 Å². The second-order valence-electron chi connectivity index (χ2n) is 11.1. The maximum atomic E-state index is 4.55. The van der Waals surface area contributed by atoms with Crippen molar-refractivity contribution in [2.45, 2.75) is 19.3 Å². The molecule has 0 spiro atoms. The summed E-state index contributed by atoms with van der Waals surface area (Å²) in [6.07, 6.45) is 2.27. The van der Waals surface area contributed by atoms with Crippen LogP contribution in [0.1, 0.15) is 33.4 Å². The fourth-order valence-electron chi connectivity index (χ4n) is 5.43. The first-order valence-corrected chi connectivity index (χ1v) is 15.0. The molecule has 0 amide bonds. The molecule has 6 nitrogen and oxygen atoms in total. The van der Waals surface area contributed by atoms with Crippen LogP contribution in [0.3, 0.4) is 0 Å². The van der Waals surface area contributed by atoms with E-state index in [2.05, 4.69) is 103 Å². The highest BCUT2D eigenvalue weighted by Crippen LogP contribution is 2.27. The molecule has 7 rings (SSSR count). The molecule has 1 aliphatic heterocycles. The second-order valence-corrected chi connectivity index (χ2v) is 11.1. The van der Waals surface area contributed by atoms with Crippen molar-refractivity contribution >= 4 is 34.1 Å². The van der Waals surface area contributed by atoms with Crippen LogP contribution in [0.15, 0.2) is 176 Å². The topological polar surface area (TPSA) is 74.2 Å². The SMILES string of the molecule is c1cc2cc(c1)N=Nc1cccc(c1)Cc1cccc(c1)N=Nc1cccc(c1)Cc1cccc(c1)N=Nc1cccc(c1)C2. The predicted octanol–water partition coefficient (Wildman–Crippen LogP) is 12.0. The molecule has 12 bridgehead atoms. The van der Waals surface area contributed by atoms with Gasteiger partial charge in [0.25, 0.3) is 0 Å². The van der Waals surface area contributed by atoms with Gasteiger partial charge in [0.1, 0.15) is 0 Å². The number of fused-ring (bicyclic) bond motifs is 12. The first-order chi connectivity index (χ1) is 22.2. The first kappa shape index (κ1) is 27.9. The van der Waals surface area contributed by atoms with E-state index >= 15 is 0 Å². The molecule has 6 aromatic carbocycles. The highest BCUT2D eigenvalue weighted by Gasteiger charge is 2.04. The van der Waals surface area contributed by atoms with Crippen molar-refractivity contribution in [1.29, 1.82) is 0 Å². The number of hydrogen-bond acceptors (Lipinski definition) is 6. The highest BCUT2D eigenvalue weighted by atomic mass is 15.1. The molecule has 0 saturated heterocycles. The van der Waals surface area contributed by atoms with Gasteiger partial charge in [0.15, 0.2) is 0 Å². The zero-order chi connectivity index (χ0) is 30.3. The Bertz CT molecular complexity index is 1680. The van der Waals surface area contributed by atoms with Gasteiger partial charge in [-0.25, -0.2) is 0 Å². The minimum absolute atomic E-state index is 0.758. The van der Waals surface area contributed by atoms with Crippen LogP contribution < -0.4 is 0 Å². The summed E-state index contributed by atoms with van der Waals surface area (Å²) < 4.78 is 0. The van der Waals surface area contributed by atoms with Crippen LogP contribution in [0.2, 0.25) is 0 Å². The molecule has 216 valence electrons. The lowest BCUT2D eigenvalue weighted by Gasteiger charge is -2.05. The Hall–Kier alpha value is -5.88. The Kier molecular flexibility index (Phi) is 8.18. The molecular formula is C39H30N6. The minimum Gasteiger partial charge on any atom is -0.151 e. The molecule has 1 heterocycles. The van der Waals surface area contributed by atoms with E-state index in [0.717, 1.165) is 86.8 Å². The summed E-state index contributed by atoms with van der Waals surface area (Å²) in [5.41, 5.74) is 11.8. The molecule has 0 unspecified atom stereocenters. The number of benzene rings is 6. The van der Waals surface area contributed by atoms with Crippen molar-refractivity contribution in [2.75, 3.05) is 0 Å². The van der Waals surface area contributed by atoms with E-state index in [0.29, 0.717) is 0 Å². The van der Waals surface area contributed by atoms with Crippen LogP contribution in [0.25, 0.3) is 0 Å². The Morgan fingerprint density at radius 2 is 0.422 bits per heavy atom. The summed E-state index contributed by atoms with van der Waals surface area (Å²) in [4.78, 5) is 0. The van der Waals surface area contributed by atoms with Gasteiger partial charge in [-0.15, -0.1) is 0 Å². The third-order valence-electron chi connectivity index (χ3n) is 7.53. The molecule has 0 fully saturated rings. The number of rotatable bonds is 0. The zero-order valence-corrected chi connectivity index (χ0v) is 24.7. The van der Waals surface area contributed by atoms with Gasteiger partial charge >= 0.3 is 0 Å². The van der Waals surface area contributed by atoms with Gasteiger partial charge in [-0.05, 0) is 125 Å². The molecular weight excluding hydrogens is 552 g/mol. The molecule has 0 saturated carbocycles. The van der Waals surface area contributed by atoms with Crippen LogP contribution in [0.4, 0.5) is 34.1 Å². The van der Waals surface area contributed by atoms with Crippen LogP contribution in [0.5, 0.6) is 0 Å². The maximum Gasteiger partial charge on any atom is 0.0859 e. The smallest absolute Gasteiger partial charge is 0.0859 e. The lowest BCUT2D eigenvalue weighted by molar-refractivity contribution is 1.15. The quantitative estimate of drug-likeness (QED) is 0.171. The van der Waals surface area contributed by atoms with Gasteiger partial charge in [0.2, 0.25) is 0 Å². The molecule has 1 aliphatic rings. The van der Waals surface area contributed by atoms with Crippen molar-refractivity contribution < 1.29 is 0 Å². The monoisotopic (exact) mass is 582 g/mol. The second kappa shape index (κ2) is 13.2. The summed E-state index contributed by atoms with van der Waals surface area (Å²) in [5, 5.41) is 27.3. The van der Waals surface area contributed by atoms with Crippen LogP contribution in [0, 0.1) is 0 Å². The Balaban J connectivity index is 1.24. The van der Waals surface area contributed by atoms with Gasteiger partial charge < -0.3 is 0 Å². The maximum absolute atomic E-state index is 4.55. The lowest BCUT2D eigenvalue weighted by atomic mass is 10.0. The van der Waals surface area contributed by atoms with Crippen molar-refractivity contribution in [3.05, 3.63) is 179 Å². The molecule has 0 radical (unpaired) electrons. The highest BCUT2D eigenvalue weighted by molar-refractivity contribution is 5.49. The third kappa shape index (κ3) is 7.56. The molecule has 0 N–H and O–H groups in total. The van der Waals surface area contributed by atoms with Crippen molar-refractivity contribution in [1.82, 2.24) is 0 Å². The van der Waals surface area contributed by atoms with E-state index in [4.69, 9.17) is 0 Å². The average Bonchev–Trinajstić information content (AvgIpc) is 3.06. The molecule has 0 atom stereocenters. The van der Waals surface area contributed by atoms with E-state index in [1.165, 1.54) is 0 Å². The number of hydrogen-bond donors (Lipinski definition) is 0. The van der Waals surface area contributed by atoms with Crippen LogP contribution >= 0.6 is 0 Å². The molecule has 0 aliphatic carbocycles. The van der Waals surface area contributed by atoms with E-state index in [1.807, 2.05) is 72.8 Å². The van der Waals surface area contributed by atoms with Crippen molar-refractivity contribution in [2.24, 2.45) is 30.7 Å². The largest absolute Gasteiger partial charge is 0.151 e. The summed E-state index contributed by atoms with van der Waals surface area (Å²) in [7, 11) is 0. The Morgan fingerprint density at radius 1 is 0.244 bits per heavy atom. The van der Waals surface area contributed by atoms with Gasteiger partial charge in [-0.3, -0.25) is 0 Å². The minimum atomic E-state index is 0.758. The van der Waals surface area contributed by atoms with Crippen molar-refractivity contribution in [3.8, 4) is 0 Å². The summed E-state index contributed by atoms with van der Waals surface area (Å²) in [6.45, 7) is 0. The summed E-state index contributed by atoms with van der Waals surface area (Å²) in [6, 6.07) is 49.1. The number of azo groups is 3. The van der Waals surface area contributed by atoms with Gasteiger partial charge in [-0.2, -0.15) is 30.7 Å². The third-order valence-corrected chi connectivity index (χ3v) is 7.53. The van der Waals surface area contributed by atoms with Gasteiger partial charge in [0, 0.05) is 0 Å². The number of nitrogens with zero attached hydrogens (tertiary/aromatic N) is 6. The fourth-order valence-corrected chi connectivity index (χ4v) is 5.43. The van der Waals surface area contributed by atoms with Crippen LogP contribution in [-0.4, -0.2) is 0 Å². The normalized spacial score (nSPS) is 12.8. The summed E-state index contributed by atoms with van der Waals surface area (Å²) in [5.74, 6) is 0. The van der Waals surface area contributed by atoms with Gasteiger partial charge in [-0.1, -0.05) is 72.8 Å². The standard InChI is InChI=1S/C39H30N6/c1-7-28-19-29-8-2-15-36(23-29)42-43-37-16-5-11-32(26-37)21-33-12-6-18-39(27-33)45-44-38-17-4-10-31(25-38)20-30-9-3-14-35(24-30)41-40-34(13-1)22-28/h1-18,22-27H,19-21H2. The molecule has 45 heavy (non-hydrogen) atoms. The van der Waals surface area contributed by atoms with Gasteiger partial charge in [0.05, 0.1) is 34.1 Å². The Morgan fingerprint density at radius 3 is 0.600 bits per heavy atom. The summed E-state index contributed by atoms with van der Waals surface area (Å²) >= 11 is 0. The van der Waals surface area contributed by atoms with E-state index < -0.39 is 0 Å². The van der Waals surface area contributed by atoms with E-state index in [1.54, 1.807) is 0 Å². The zero-order valence-electron chi connectivity index (χ0n) is 24.7.